The second-order valence-corrected chi connectivity index (χ2v) is 9.91. The van der Waals surface area contributed by atoms with Gasteiger partial charge in [-0.2, -0.15) is 0 Å². The minimum atomic E-state index is -1.39. The summed E-state index contributed by atoms with van der Waals surface area (Å²) >= 11 is 0. The standard InChI is InChI=1S/C29H36FN3O5.Na/c1-18(2)27-26(29(38)31-17-19(3)20-7-5-4-6-8-20)32-28(21-9-11-22(30)12-10-21)33(27)14-13-23(34)15-24(35)16-25(36)37;/h4-12,18-19,23-24,34-35H,13-17H2,1-3H3,(H,31,38)(H,36,37);/q;+1/p-1/t19-,23+,24+;/m0./s1. The van der Waals surface area contributed by atoms with Crippen LogP contribution in [-0.4, -0.2) is 50.4 Å². The minimum Gasteiger partial charge on any atom is -0.550 e. The molecule has 0 bridgehead atoms. The van der Waals surface area contributed by atoms with Crippen LogP contribution in [-0.2, 0) is 11.3 Å². The first kappa shape index (κ1) is 32.7. The average Bonchev–Trinajstić information content (AvgIpc) is 3.26. The smallest absolute Gasteiger partial charge is 0.550 e. The minimum absolute atomic E-state index is 0. The van der Waals surface area contributed by atoms with E-state index in [0.717, 1.165) is 5.56 Å². The Balaban J connectivity index is 0.00000533. The van der Waals surface area contributed by atoms with Crippen LogP contribution in [0.1, 0.15) is 73.6 Å². The van der Waals surface area contributed by atoms with Crippen molar-refractivity contribution in [2.75, 3.05) is 6.54 Å². The first-order valence-corrected chi connectivity index (χ1v) is 12.8. The number of hydrogen-bond donors (Lipinski definition) is 3. The fourth-order valence-corrected chi connectivity index (χ4v) is 4.48. The number of aliphatic hydroxyl groups is 2. The van der Waals surface area contributed by atoms with Gasteiger partial charge < -0.3 is 30.0 Å². The summed E-state index contributed by atoms with van der Waals surface area (Å²) in [6.07, 6.45) is -2.73. The third-order valence-electron chi connectivity index (χ3n) is 6.44. The number of nitrogens with one attached hydrogen (secondary N) is 1. The van der Waals surface area contributed by atoms with Crippen molar-refractivity contribution in [1.29, 1.82) is 0 Å². The maximum atomic E-state index is 13.6. The Morgan fingerprint density at radius 2 is 1.67 bits per heavy atom. The molecule has 1 heterocycles. The number of aliphatic carboxylic acids is 1. The van der Waals surface area contributed by atoms with Gasteiger partial charge in [0.25, 0.3) is 5.91 Å². The average molecular weight is 548 g/mol. The number of nitrogens with zero attached hydrogens (tertiary/aromatic N) is 2. The Kier molecular flexibility index (Phi) is 12.8. The summed E-state index contributed by atoms with van der Waals surface area (Å²) in [7, 11) is 0. The summed E-state index contributed by atoms with van der Waals surface area (Å²) in [4.78, 5) is 28.8. The molecule has 2 aromatic carbocycles. The van der Waals surface area contributed by atoms with Crippen LogP contribution >= 0.6 is 0 Å². The summed E-state index contributed by atoms with van der Waals surface area (Å²) in [6, 6.07) is 15.6. The number of imidazole rings is 1. The van der Waals surface area contributed by atoms with Gasteiger partial charge in [-0.15, -0.1) is 0 Å². The largest absolute Gasteiger partial charge is 1.00 e. The number of aliphatic hydroxyl groups excluding tert-OH is 2. The molecule has 39 heavy (non-hydrogen) atoms. The SMILES string of the molecule is CC(C)c1c(C(=O)NC[C@H](C)c2ccccc2)nc(-c2ccc(F)cc2)n1CC[C@@H](O)C[C@@H](O)CC(=O)[O-].[Na+]. The first-order chi connectivity index (χ1) is 18.1. The molecule has 0 saturated carbocycles. The van der Waals surface area contributed by atoms with Gasteiger partial charge in [-0.1, -0.05) is 51.1 Å². The van der Waals surface area contributed by atoms with Gasteiger partial charge in [-0.05, 0) is 54.5 Å². The van der Waals surface area contributed by atoms with E-state index < -0.39 is 30.4 Å². The van der Waals surface area contributed by atoms with Crippen LogP contribution in [0.3, 0.4) is 0 Å². The Morgan fingerprint density at radius 1 is 1.03 bits per heavy atom. The molecule has 0 fully saturated rings. The molecule has 1 aromatic heterocycles. The molecule has 0 radical (unpaired) electrons. The third-order valence-corrected chi connectivity index (χ3v) is 6.44. The zero-order valence-electron chi connectivity index (χ0n) is 22.9. The predicted octanol–water partition coefficient (Wildman–Crippen LogP) is -0.00790. The fourth-order valence-electron chi connectivity index (χ4n) is 4.48. The first-order valence-electron chi connectivity index (χ1n) is 12.8. The maximum absolute atomic E-state index is 13.6. The number of benzene rings is 2. The molecule has 204 valence electrons. The molecule has 0 unspecified atom stereocenters. The Labute approximate surface area is 250 Å². The Hall–Kier alpha value is -2.56. The van der Waals surface area contributed by atoms with Gasteiger partial charge in [0.15, 0.2) is 0 Å². The van der Waals surface area contributed by atoms with Crippen LogP contribution in [0.5, 0.6) is 0 Å². The Bertz CT molecular complexity index is 1220. The van der Waals surface area contributed by atoms with E-state index in [4.69, 9.17) is 0 Å². The van der Waals surface area contributed by atoms with Gasteiger partial charge in [0.2, 0.25) is 0 Å². The van der Waals surface area contributed by atoms with Crippen molar-refractivity contribution in [3.63, 3.8) is 0 Å². The van der Waals surface area contributed by atoms with E-state index in [0.29, 0.717) is 23.6 Å². The number of carbonyl (C=O) groups excluding carboxylic acids is 2. The van der Waals surface area contributed by atoms with Crippen molar-refractivity contribution in [1.82, 2.24) is 14.9 Å². The summed E-state index contributed by atoms with van der Waals surface area (Å²) in [5.41, 5.74) is 2.63. The number of carboxylic acid groups (broad SMARTS) is 1. The molecule has 0 aliphatic rings. The molecule has 0 aliphatic carbocycles. The van der Waals surface area contributed by atoms with Crippen LogP contribution in [0.15, 0.2) is 54.6 Å². The van der Waals surface area contributed by atoms with Crippen molar-refractivity contribution in [2.24, 2.45) is 0 Å². The van der Waals surface area contributed by atoms with Gasteiger partial charge in [0.05, 0.1) is 17.9 Å². The predicted molar refractivity (Wildman–Crippen MR) is 140 cm³/mol. The summed E-state index contributed by atoms with van der Waals surface area (Å²) in [5, 5.41) is 34.0. The maximum Gasteiger partial charge on any atom is 1.00 e. The topological polar surface area (TPSA) is 128 Å². The van der Waals surface area contributed by atoms with Crippen molar-refractivity contribution in [3.8, 4) is 11.4 Å². The number of amides is 1. The molecule has 3 aromatic rings. The third kappa shape index (κ3) is 9.25. The van der Waals surface area contributed by atoms with Gasteiger partial charge in [-0.3, -0.25) is 4.79 Å². The van der Waals surface area contributed by atoms with E-state index in [2.05, 4.69) is 10.3 Å². The van der Waals surface area contributed by atoms with E-state index in [1.807, 2.05) is 55.7 Å². The quantitative estimate of drug-likeness (QED) is 0.259. The number of rotatable bonds is 13. The summed E-state index contributed by atoms with van der Waals surface area (Å²) < 4.78 is 15.5. The fraction of sp³-hybridized carbons (Fsp3) is 0.414. The van der Waals surface area contributed by atoms with Crippen molar-refractivity contribution < 1.29 is 58.9 Å². The molecule has 0 spiro atoms. The Morgan fingerprint density at radius 3 is 2.26 bits per heavy atom. The molecule has 10 heteroatoms. The number of carbonyl (C=O) groups is 2. The van der Waals surface area contributed by atoms with Crippen LogP contribution in [0.25, 0.3) is 11.4 Å². The van der Waals surface area contributed by atoms with Crippen LogP contribution in [0, 0.1) is 5.82 Å². The number of hydrogen-bond acceptors (Lipinski definition) is 6. The van der Waals surface area contributed by atoms with E-state index >= 15 is 0 Å². The molecule has 8 nitrogen and oxygen atoms in total. The molecule has 0 saturated heterocycles. The van der Waals surface area contributed by atoms with Gasteiger partial charge in [0, 0.05) is 31.0 Å². The number of carboxylic acids is 1. The van der Waals surface area contributed by atoms with Crippen molar-refractivity contribution >= 4 is 11.9 Å². The second kappa shape index (κ2) is 15.3. The summed E-state index contributed by atoms with van der Waals surface area (Å²) in [5.74, 6) is -1.69. The van der Waals surface area contributed by atoms with Crippen LogP contribution < -0.4 is 40.0 Å². The van der Waals surface area contributed by atoms with Crippen LogP contribution in [0.4, 0.5) is 4.39 Å². The second-order valence-electron chi connectivity index (χ2n) is 9.91. The summed E-state index contributed by atoms with van der Waals surface area (Å²) in [6.45, 7) is 6.56. The normalized spacial score (nSPS) is 13.4. The van der Waals surface area contributed by atoms with Crippen LogP contribution in [0.2, 0.25) is 0 Å². The molecule has 3 atom stereocenters. The van der Waals surface area contributed by atoms with E-state index in [-0.39, 0.29) is 72.4 Å². The van der Waals surface area contributed by atoms with Crippen molar-refractivity contribution in [2.45, 2.75) is 70.6 Å². The van der Waals surface area contributed by atoms with Gasteiger partial charge in [0.1, 0.15) is 17.3 Å². The van der Waals surface area contributed by atoms with Gasteiger partial charge >= 0.3 is 29.6 Å². The molecular weight excluding hydrogens is 512 g/mol. The molecule has 3 N–H and O–H groups in total. The molecule has 0 aliphatic heterocycles. The van der Waals surface area contributed by atoms with Crippen molar-refractivity contribution in [3.05, 3.63) is 77.4 Å². The zero-order valence-corrected chi connectivity index (χ0v) is 24.9. The molecule has 1 amide bonds. The van der Waals surface area contributed by atoms with E-state index in [1.54, 1.807) is 12.1 Å². The number of aromatic nitrogens is 2. The van der Waals surface area contributed by atoms with Gasteiger partial charge in [-0.25, -0.2) is 9.37 Å². The number of halogens is 1. The van der Waals surface area contributed by atoms with E-state index in [1.165, 1.54) is 12.1 Å². The monoisotopic (exact) mass is 547 g/mol. The van der Waals surface area contributed by atoms with E-state index in [9.17, 15) is 29.3 Å². The molecular formula is C29H35FN3NaO5. The molecule has 3 rings (SSSR count). The zero-order chi connectivity index (χ0) is 27.8.